The molecule has 0 spiro atoms. The first-order valence-electron chi connectivity index (χ1n) is 22.2. The second-order valence-corrected chi connectivity index (χ2v) is 16.9. The molecule has 0 saturated carbocycles. The lowest BCUT2D eigenvalue weighted by Gasteiger charge is -2.26. The third kappa shape index (κ3) is 6.20. The molecule has 65 heavy (non-hydrogen) atoms. The second kappa shape index (κ2) is 15.0. The van der Waals surface area contributed by atoms with Gasteiger partial charge in [-0.3, -0.25) is 0 Å². The summed E-state index contributed by atoms with van der Waals surface area (Å²) in [6.07, 6.45) is 0. The zero-order chi connectivity index (χ0) is 42.8. The van der Waals surface area contributed by atoms with E-state index in [0.29, 0.717) is 0 Å². The Kier molecular flexibility index (Phi) is 8.53. The molecule has 0 fully saturated rings. The van der Waals surface area contributed by atoms with Gasteiger partial charge in [-0.25, -0.2) is 0 Å². The van der Waals surface area contributed by atoms with Crippen molar-refractivity contribution in [2.45, 2.75) is 0 Å². The van der Waals surface area contributed by atoms with Crippen LogP contribution in [0.15, 0.2) is 247 Å². The summed E-state index contributed by atoms with van der Waals surface area (Å²) in [5, 5.41) is 9.59. The van der Waals surface area contributed by atoms with E-state index in [1.165, 1.54) is 54.7 Å². The van der Waals surface area contributed by atoms with Crippen molar-refractivity contribution in [3.8, 4) is 39.1 Å². The Morgan fingerprint density at radius 3 is 1.52 bits per heavy atom. The van der Waals surface area contributed by atoms with E-state index in [0.717, 1.165) is 66.8 Å². The van der Waals surface area contributed by atoms with Crippen molar-refractivity contribution in [2.24, 2.45) is 0 Å². The minimum absolute atomic E-state index is 0.895. The summed E-state index contributed by atoms with van der Waals surface area (Å²) in [5.41, 5.74) is 15.6. The molecule has 0 unspecified atom stereocenters. The van der Waals surface area contributed by atoms with Gasteiger partial charge in [0, 0.05) is 49.7 Å². The molecule has 304 valence electrons. The highest BCUT2D eigenvalue weighted by atomic mass is 16.3. The van der Waals surface area contributed by atoms with Gasteiger partial charge >= 0.3 is 0 Å². The Hall–Kier alpha value is -8.66. The van der Waals surface area contributed by atoms with Gasteiger partial charge in [-0.2, -0.15) is 0 Å². The molecule has 0 saturated heterocycles. The maximum Gasteiger partial charge on any atom is 0.143 e. The van der Waals surface area contributed by atoms with Crippen LogP contribution in [0.3, 0.4) is 0 Å². The Bertz CT molecular complexity index is 3880. The molecule has 0 N–H and O–H groups in total. The first-order valence-corrected chi connectivity index (χ1v) is 22.2. The molecule has 11 aromatic carbocycles. The van der Waals surface area contributed by atoms with Crippen molar-refractivity contribution in [3.05, 3.63) is 243 Å². The number of fused-ring (bicyclic) bond motifs is 9. The third-order valence-electron chi connectivity index (χ3n) is 13.2. The van der Waals surface area contributed by atoms with Crippen LogP contribution in [-0.2, 0) is 0 Å². The van der Waals surface area contributed by atoms with Gasteiger partial charge in [0.1, 0.15) is 11.2 Å². The molecule has 13 aromatic rings. The van der Waals surface area contributed by atoms with Crippen LogP contribution in [0, 0.1) is 0 Å². The van der Waals surface area contributed by atoms with Crippen LogP contribution in [0.25, 0.3) is 104 Å². The zero-order valence-electron chi connectivity index (χ0n) is 35.4. The highest BCUT2D eigenvalue weighted by Crippen LogP contribution is 2.42. The first-order chi connectivity index (χ1) is 32.2. The standard InChI is InChI=1S/C62H40N2O/c1-2-13-46-39-48(24-23-41(46)11-1)43-27-34-50(35-28-43)63(51-36-29-45(30-37-51)53-19-10-22-60-61(53)57-38-31-44-12-3-4-16-54(44)62(57)65-60)49-32-25-42(26-33-49)47-14-9-15-52(40-47)64-58-20-7-5-17-55(58)56-18-6-8-21-59(56)64/h1-40H. The fraction of sp³-hybridized carbons (Fsp3) is 0. The molecule has 0 bridgehead atoms. The van der Waals surface area contributed by atoms with Crippen LogP contribution >= 0.6 is 0 Å². The predicted octanol–water partition coefficient (Wildman–Crippen LogP) is 17.5. The number of anilines is 3. The monoisotopic (exact) mass is 828 g/mol. The summed E-state index contributed by atoms with van der Waals surface area (Å²) in [7, 11) is 0. The molecule has 3 nitrogen and oxygen atoms in total. The van der Waals surface area contributed by atoms with E-state index in [-0.39, 0.29) is 0 Å². The van der Waals surface area contributed by atoms with E-state index in [4.69, 9.17) is 4.42 Å². The van der Waals surface area contributed by atoms with Crippen LogP contribution in [0.5, 0.6) is 0 Å². The Morgan fingerprint density at radius 1 is 0.323 bits per heavy atom. The van der Waals surface area contributed by atoms with Crippen molar-refractivity contribution in [1.29, 1.82) is 0 Å². The molecule has 0 aliphatic heterocycles. The van der Waals surface area contributed by atoms with Gasteiger partial charge in [0.15, 0.2) is 0 Å². The van der Waals surface area contributed by atoms with Crippen LogP contribution in [-0.4, -0.2) is 4.57 Å². The summed E-state index contributed by atoms with van der Waals surface area (Å²) in [5.74, 6) is 0. The molecule has 0 aliphatic carbocycles. The minimum atomic E-state index is 0.895. The fourth-order valence-corrected chi connectivity index (χ4v) is 10.0. The van der Waals surface area contributed by atoms with Gasteiger partial charge < -0.3 is 13.9 Å². The Morgan fingerprint density at radius 2 is 0.846 bits per heavy atom. The van der Waals surface area contributed by atoms with Crippen LogP contribution in [0.2, 0.25) is 0 Å². The molecule has 13 rings (SSSR count). The third-order valence-corrected chi connectivity index (χ3v) is 13.2. The van der Waals surface area contributed by atoms with Gasteiger partial charge in [-0.1, -0.05) is 164 Å². The van der Waals surface area contributed by atoms with Gasteiger partial charge in [0.2, 0.25) is 0 Å². The lowest BCUT2D eigenvalue weighted by molar-refractivity contribution is 0.673. The average Bonchev–Trinajstić information content (AvgIpc) is 3.94. The van der Waals surface area contributed by atoms with E-state index in [2.05, 4.69) is 252 Å². The van der Waals surface area contributed by atoms with Crippen molar-refractivity contribution in [3.63, 3.8) is 0 Å². The minimum Gasteiger partial charge on any atom is -0.455 e. The van der Waals surface area contributed by atoms with Gasteiger partial charge in [0.25, 0.3) is 0 Å². The molecule has 0 amide bonds. The summed E-state index contributed by atoms with van der Waals surface area (Å²) < 4.78 is 8.94. The van der Waals surface area contributed by atoms with Crippen LogP contribution in [0.1, 0.15) is 0 Å². The number of aromatic nitrogens is 1. The largest absolute Gasteiger partial charge is 0.455 e. The topological polar surface area (TPSA) is 21.3 Å². The fourth-order valence-electron chi connectivity index (χ4n) is 10.0. The predicted molar refractivity (Wildman–Crippen MR) is 274 cm³/mol. The smallest absolute Gasteiger partial charge is 0.143 e. The molecule has 0 radical (unpaired) electrons. The number of furan rings is 1. The number of para-hydroxylation sites is 2. The number of hydrogen-bond donors (Lipinski definition) is 0. The average molecular weight is 829 g/mol. The highest BCUT2D eigenvalue weighted by Gasteiger charge is 2.18. The molecular formula is C62H40N2O. The van der Waals surface area contributed by atoms with Gasteiger partial charge in [-0.05, 0) is 128 Å². The Labute approximate surface area is 376 Å². The van der Waals surface area contributed by atoms with Crippen molar-refractivity contribution < 1.29 is 4.42 Å². The van der Waals surface area contributed by atoms with Crippen LogP contribution in [0.4, 0.5) is 17.1 Å². The molecule has 2 aromatic heterocycles. The van der Waals surface area contributed by atoms with E-state index >= 15 is 0 Å². The van der Waals surface area contributed by atoms with E-state index in [9.17, 15) is 0 Å². The summed E-state index contributed by atoms with van der Waals surface area (Å²) in [6, 6.07) is 87.7. The summed E-state index contributed by atoms with van der Waals surface area (Å²) in [6.45, 7) is 0. The molecular weight excluding hydrogens is 789 g/mol. The van der Waals surface area contributed by atoms with Gasteiger partial charge in [0.05, 0.1) is 11.0 Å². The Balaban J connectivity index is 0.890. The molecule has 3 heteroatoms. The van der Waals surface area contributed by atoms with Crippen LogP contribution < -0.4 is 4.90 Å². The van der Waals surface area contributed by atoms with Crippen molar-refractivity contribution in [2.75, 3.05) is 4.90 Å². The van der Waals surface area contributed by atoms with Crippen molar-refractivity contribution in [1.82, 2.24) is 4.57 Å². The summed E-state index contributed by atoms with van der Waals surface area (Å²) in [4.78, 5) is 2.35. The lowest BCUT2D eigenvalue weighted by atomic mass is 9.97. The lowest BCUT2D eigenvalue weighted by Crippen LogP contribution is -2.09. The van der Waals surface area contributed by atoms with E-state index < -0.39 is 0 Å². The van der Waals surface area contributed by atoms with E-state index in [1.54, 1.807) is 0 Å². The van der Waals surface area contributed by atoms with Gasteiger partial charge in [-0.15, -0.1) is 0 Å². The summed E-state index contributed by atoms with van der Waals surface area (Å²) >= 11 is 0. The maximum absolute atomic E-state index is 6.56. The quantitative estimate of drug-likeness (QED) is 0.160. The number of hydrogen-bond acceptors (Lipinski definition) is 2. The second-order valence-electron chi connectivity index (χ2n) is 16.9. The molecule has 0 aliphatic rings. The normalized spacial score (nSPS) is 11.7. The number of benzene rings is 11. The highest BCUT2D eigenvalue weighted by molar-refractivity contribution is 6.19. The maximum atomic E-state index is 6.56. The SMILES string of the molecule is c1cc(-c2ccc(N(c3ccc(-c4ccc5ccccc5c4)cc3)c3ccc(-c4cccc5oc6c7ccccc7ccc6c45)cc3)cc2)cc(-n2c3ccccc3c3ccccc32)c1. The van der Waals surface area contributed by atoms with E-state index in [1.807, 2.05) is 0 Å². The number of nitrogens with zero attached hydrogens (tertiary/aromatic N) is 2. The molecule has 0 atom stereocenters. The first kappa shape index (κ1) is 36.9. The number of rotatable bonds is 7. The molecule has 2 heterocycles. The van der Waals surface area contributed by atoms with Crippen molar-refractivity contribution >= 4 is 82.4 Å². The zero-order valence-corrected chi connectivity index (χ0v) is 35.4.